The number of nitrogens with zero attached hydrogens (tertiary/aromatic N) is 3. The van der Waals surface area contributed by atoms with Gasteiger partial charge in [-0.3, -0.25) is 4.99 Å². The summed E-state index contributed by atoms with van der Waals surface area (Å²) in [5, 5.41) is 10.2. The Morgan fingerprint density at radius 1 is 1.21 bits per heavy atom. The standard InChI is InChI=1S/C20H26F3N5O/c1-14-27-17(28-29-14)12-25-18(24-2)26-13-19(9-4-3-5-10-19)15-7-6-8-16(11-15)20(21,22)23/h6-8,11H,3-5,9-10,12-13H2,1-2H3,(H2,24,25,26). The Morgan fingerprint density at radius 3 is 2.59 bits per heavy atom. The molecule has 0 aliphatic heterocycles. The molecule has 3 rings (SSSR count). The fraction of sp³-hybridized carbons (Fsp3) is 0.550. The maximum absolute atomic E-state index is 13.2. The van der Waals surface area contributed by atoms with Crippen LogP contribution < -0.4 is 10.6 Å². The van der Waals surface area contributed by atoms with Crippen molar-refractivity contribution in [2.75, 3.05) is 13.6 Å². The smallest absolute Gasteiger partial charge is 0.356 e. The highest BCUT2D eigenvalue weighted by Gasteiger charge is 2.37. The predicted octanol–water partition coefficient (Wildman–Crippen LogP) is 3.96. The molecular weight excluding hydrogens is 383 g/mol. The first-order valence-electron chi connectivity index (χ1n) is 9.74. The van der Waals surface area contributed by atoms with E-state index in [1.54, 1.807) is 20.0 Å². The minimum Gasteiger partial charge on any atom is -0.356 e. The molecule has 0 saturated heterocycles. The summed E-state index contributed by atoms with van der Waals surface area (Å²) in [6, 6.07) is 5.73. The van der Waals surface area contributed by atoms with E-state index in [0.29, 0.717) is 30.8 Å². The molecule has 0 bridgehead atoms. The lowest BCUT2D eigenvalue weighted by Crippen LogP contribution is -2.46. The molecule has 1 fully saturated rings. The lowest BCUT2D eigenvalue weighted by molar-refractivity contribution is -0.137. The third kappa shape index (κ3) is 5.27. The molecule has 0 amide bonds. The Balaban J connectivity index is 1.73. The molecular formula is C20H26F3N5O. The first-order valence-corrected chi connectivity index (χ1v) is 9.74. The minimum absolute atomic E-state index is 0.341. The second-order valence-corrected chi connectivity index (χ2v) is 7.43. The molecule has 0 radical (unpaired) electrons. The highest BCUT2D eigenvalue weighted by Crippen LogP contribution is 2.41. The molecule has 2 aromatic rings. The Bertz CT molecular complexity index is 841. The number of hydrogen-bond donors (Lipinski definition) is 2. The van der Waals surface area contributed by atoms with Crippen molar-refractivity contribution >= 4 is 5.96 Å². The van der Waals surface area contributed by atoms with E-state index >= 15 is 0 Å². The number of nitrogens with one attached hydrogen (secondary N) is 2. The van der Waals surface area contributed by atoms with Gasteiger partial charge in [0.1, 0.15) is 0 Å². The van der Waals surface area contributed by atoms with Gasteiger partial charge in [0.2, 0.25) is 5.89 Å². The number of aryl methyl sites for hydroxylation is 1. The number of alkyl halides is 3. The average Bonchev–Trinajstić information content (AvgIpc) is 3.13. The van der Waals surface area contributed by atoms with Crippen molar-refractivity contribution in [3.8, 4) is 0 Å². The summed E-state index contributed by atoms with van der Waals surface area (Å²) < 4.78 is 44.6. The van der Waals surface area contributed by atoms with Gasteiger partial charge in [0.05, 0.1) is 12.1 Å². The van der Waals surface area contributed by atoms with Crippen molar-refractivity contribution in [2.45, 2.75) is 57.2 Å². The number of aliphatic imine (C=N–C) groups is 1. The van der Waals surface area contributed by atoms with Gasteiger partial charge in [0, 0.05) is 25.9 Å². The summed E-state index contributed by atoms with van der Waals surface area (Å²) in [5.74, 6) is 1.54. The van der Waals surface area contributed by atoms with E-state index in [1.807, 2.05) is 0 Å². The van der Waals surface area contributed by atoms with Crippen molar-refractivity contribution in [1.29, 1.82) is 0 Å². The van der Waals surface area contributed by atoms with Crippen LogP contribution in [0, 0.1) is 6.92 Å². The fourth-order valence-corrected chi connectivity index (χ4v) is 3.87. The van der Waals surface area contributed by atoms with Gasteiger partial charge in [0.15, 0.2) is 11.8 Å². The van der Waals surface area contributed by atoms with Gasteiger partial charge in [-0.15, -0.1) is 0 Å². The molecule has 158 valence electrons. The van der Waals surface area contributed by atoms with Crippen molar-refractivity contribution in [3.05, 3.63) is 47.1 Å². The fourth-order valence-electron chi connectivity index (χ4n) is 3.87. The first-order chi connectivity index (χ1) is 13.8. The number of guanidine groups is 1. The summed E-state index contributed by atoms with van der Waals surface area (Å²) in [4.78, 5) is 8.34. The highest BCUT2D eigenvalue weighted by atomic mass is 19.4. The van der Waals surface area contributed by atoms with Crippen LogP contribution in [0.1, 0.15) is 54.9 Å². The molecule has 0 unspecified atom stereocenters. The van der Waals surface area contributed by atoms with Crippen LogP contribution in [0.2, 0.25) is 0 Å². The molecule has 1 aromatic carbocycles. The molecule has 6 nitrogen and oxygen atoms in total. The van der Waals surface area contributed by atoms with E-state index < -0.39 is 11.7 Å². The highest BCUT2D eigenvalue weighted by molar-refractivity contribution is 5.79. The van der Waals surface area contributed by atoms with Crippen LogP contribution in [0.4, 0.5) is 13.2 Å². The molecule has 0 atom stereocenters. The number of rotatable bonds is 5. The Kier molecular flexibility index (Phi) is 6.44. The Labute approximate surface area is 168 Å². The zero-order valence-corrected chi connectivity index (χ0v) is 16.6. The van der Waals surface area contributed by atoms with E-state index in [-0.39, 0.29) is 5.41 Å². The Morgan fingerprint density at radius 2 is 1.97 bits per heavy atom. The maximum atomic E-state index is 13.2. The molecule has 1 saturated carbocycles. The van der Waals surface area contributed by atoms with E-state index in [4.69, 9.17) is 4.52 Å². The lowest BCUT2D eigenvalue weighted by Gasteiger charge is -2.38. The summed E-state index contributed by atoms with van der Waals surface area (Å²) in [7, 11) is 1.65. The van der Waals surface area contributed by atoms with Gasteiger partial charge in [-0.1, -0.05) is 42.6 Å². The largest absolute Gasteiger partial charge is 0.416 e. The van der Waals surface area contributed by atoms with Crippen LogP contribution in [0.5, 0.6) is 0 Å². The van der Waals surface area contributed by atoms with Crippen LogP contribution in [-0.4, -0.2) is 29.7 Å². The quantitative estimate of drug-likeness (QED) is 0.578. The second-order valence-electron chi connectivity index (χ2n) is 7.43. The molecule has 1 aliphatic rings. The number of aromatic nitrogens is 2. The van der Waals surface area contributed by atoms with Gasteiger partial charge < -0.3 is 15.2 Å². The monoisotopic (exact) mass is 409 g/mol. The van der Waals surface area contributed by atoms with Gasteiger partial charge in [-0.25, -0.2) is 0 Å². The zero-order valence-electron chi connectivity index (χ0n) is 16.6. The van der Waals surface area contributed by atoms with Gasteiger partial charge in [0.25, 0.3) is 0 Å². The van der Waals surface area contributed by atoms with Crippen LogP contribution in [0.15, 0.2) is 33.8 Å². The molecule has 1 aliphatic carbocycles. The third-order valence-electron chi connectivity index (χ3n) is 5.41. The molecule has 2 N–H and O–H groups in total. The van der Waals surface area contributed by atoms with E-state index in [2.05, 4.69) is 25.8 Å². The molecule has 29 heavy (non-hydrogen) atoms. The molecule has 0 spiro atoms. The van der Waals surface area contributed by atoms with Crippen molar-refractivity contribution < 1.29 is 17.7 Å². The van der Waals surface area contributed by atoms with E-state index in [1.165, 1.54) is 12.1 Å². The molecule has 9 heteroatoms. The number of hydrogen-bond acceptors (Lipinski definition) is 4. The summed E-state index contributed by atoms with van der Waals surface area (Å²) in [6.45, 7) is 2.55. The van der Waals surface area contributed by atoms with Gasteiger partial charge in [-0.05, 0) is 24.5 Å². The summed E-state index contributed by atoms with van der Waals surface area (Å²) in [5.41, 5.74) is -0.237. The van der Waals surface area contributed by atoms with Crippen molar-refractivity contribution in [1.82, 2.24) is 20.8 Å². The summed E-state index contributed by atoms with van der Waals surface area (Å²) >= 11 is 0. The maximum Gasteiger partial charge on any atom is 0.416 e. The van der Waals surface area contributed by atoms with Crippen LogP contribution in [0.3, 0.4) is 0 Å². The zero-order chi connectivity index (χ0) is 20.9. The molecule has 1 aromatic heterocycles. The van der Waals surface area contributed by atoms with E-state index in [9.17, 15) is 13.2 Å². The predicted molar refractivity (Wildman–Crippen MR) is 103 cm³/mol. The molecule has 1 heterocycles. The van der Waals surface area contributed by atoms with Crippen molar-refractivity contribution in [2.24, 2.45) is 4.99 Å². The van der Waals surface area contributed by atoms with Gasteiger partial charge in [-0.2, -0.15) is 18.2 Å². The lowest BCUT2D eigenvalue weighted by atomic mass is 9.69. The SMILES string of the molecule is CN=C(NCc1noc(C)n1)NCC1(c2cccc(C(F)(F)F)c2)CCCCC1. The van der Waals surface area contributed by atoms with Crippen LogP contribution >= 0.6 is 0 Å². The number of benzene rings is 1. The summed E-state index contributed by atoms with van der Waals surface area (Å²) in [6.07, 6.45) is 0.410. The van der Waals surface area contributed by atoms with Gasteiger partial charge >= 0.3 is 6.18 Å². The van der Waals surface area contributed by atoms with Crippen molar-refractivity contribution in [3.63, 3.8) is 0 Å². The Hall–Kier alpha value is -2.58. The second kappa shape index (κ2) is 8.84. The van der Waals surface area contributed by atoms with Crippen LogP contribution in [0.25, 0.3) is 0 Å². The normalized spacial score (nSPS) is 17.2. The number of halogens is 3. The minimum atomic E-state index is -4.35. The van der Waals surface area contributed by atoms with Crippen LogP contribution in [-0.2, 0) is 18.1 Å². The average molecular weight is 409 g/mol. The third-order valence-corrected chi connectivity index (χ3v) is 5.41. The first kappa shape index (κ1) is 21.1. The topological polar surface area (TPSA) is 75.3 Å². The van der Waals surface area contributed by atoms with E-state index in [0.717, 1.165) is 43.7 Å².